The van der Waals surface area contributed by atoms with Gasteiger partial charge in [0.25, 0.3) is 0 Å². The van der Waals surface area contributed by atoms with Crippen molar-refractivity contribution in [3.05, 3.63) is 114 Å². The molecule has 3 nitrogen and oxygen atoms in total. The molecule has 0 aromatic heterocycles. The molecule has 32 heavy (non-hydrogen) atoms. The molecular weight excluding hydrogens is 416 g/mol. The van der Waals surface area contributed by atoms with Crippen molar-refractivity contribution in [2.24, 2.45) is 0 Å². The maximum absolute atomic E-state index is 8.82. The van der Waals surface area contributed by atoms with E-state index in [1.54, 1.807) is 31.4 Å². The van der Waals surface area contributed by atoms with Crippen molar-refractivity contribution in [1.82, 2.24) is 0 Å². The van der Waals surface area contributed by atoms with Gasteiger partial charge >= 0.3 is 0 Å². The number of fused-ring (bicyclic) bond motifs is 1. The molecule has 168 valence electrons. The molecule has 0 unspecified atom stereocenters. The molecule has 4 heteroatoms. The van der Waals surface area contributed by atoms with Crippen molar-refractivity contribution < 1.29 is 14.9 Å². The zero-order valence-corrected chi connectivity index (χ0v) is 19.4. The van der Waals surface area contributed by atoms with E-state index in [2.05, 4.69) is 62.2 Å². The van der Waals surface area contributed by atoms with Crippen molar-refractivity contribution in [1.29, 1.82) is 0 Å². The smallest absolute Gasteiger partial charge is 0.118 e. The lowest BCUT2D eigenvalue weighted by Gasteiger charge is -1.97. The van der Waals surface area contributed by atoms with Gasteiger partial charge in [-0.1, -0.05) is 86.0 Å². The summed E-state index contributed by atoms with van der Waals surface area (Å²) in [6.45, 7) is 7.41. The highest BCUT2D eigenvalue weighted by atomic mass is 32.1. The van der Waals surface area contributed by atoms with Crippen molar-refractivity contribution in [3.8, 4) is 11.5 Å². The molecule has 3 aromatic rings. The Morgan fingerprint density at radius 2 is 1.44 bits per heavy atom. The molecule has 1 aliphatic rings. The second-order valence-corrected chi connectivity index (χ2v) is 6.97. The van der Waals surface area contributed by atoms with Crippen LogP contribution in [0.3, 0.4) is 0 Å². The molecule has 0 saturated heterocycles. The van der Waals surface area contributed by atoms with Crippen LogP contribution in [0.1, 0.15) is 22.3 Å². The molecule has 0 aliphatic heterocycles. The van der Waals surface area contributed by atoms with Crippen LogP contribution in [0.15, 0.2) is 92.0 Å². The summed E-state index contributed by atoms with van der Waals surface area (Å²) in [4.78, 5) is 0. The van der Waals surface area contributed by atoms with Gasteiger partial charge in [0, 0.05) is 5.75 Å². The number of benzene rings is 3. The van der Waals surface area contributed by atoms with Crippen LogP contribution >= 0.6 is 12.6 Å². The minimum Gasteiger partial charge on any atom is -0.508 e. The molecule has 0 amide bonds. The van der Waals surface area contributed by atoms with Crippen LogP contribution in [0, 0.1) is 0 Å². The Kier molecular flexibility index (Phi) is 13.8. The molecule has 0 fully saturated rings. The normalized spacial score (nSPS) is 10.1. The molecule has 0 bridgehead atoms. The van der Waals surface area contributed by atoms with Gasteiger partial charge in [0.15, 0.2) is 0 Å². The number of aliphatic hydroxyl groups excluding tert-OH is 1. The summed E-state index contributed by atoms with van der Waals surface area (Å²) in [6, 6.07) is 23.1. The van der Waals surface area contributed by atoms with Crippen LogP contribution in [0.25, 0.3) is 18.2 Å². The first kappa shape index (κ1) is 26.8. The number of allylic oxidation sites excluding steroid dienone is 1. The lowest BCUT2D eigenvalue weighted by atomic mass is 10.1. The summed E-state index contributed by atoms with van der Waals surface area (Å²) in [5, 5.41) is 16.6. The Morgan fingerprint density at radius 1 is 0.906 bits per heavy atom. The highest BCUT2D eigenvalue weighted by molar-refractivity contribution is 7.80. The minimum absolute atomic E-state index is 0.184. The van der Waals surface area contributed by atoms with E-state index >= 15 is 0 Å². The van der Waals surface area contributed by atoms with E-state index in [1.807, 2.05) is 36.4 Å². The number of aromatic hydroxyl groups is 1. The van der Waals surface area contributed by atoms with Crippen LogP contribution in [0.4, 0.5) is 0 Å². The van der Waals surface area contributed by atoms with E-state index in [-0.39, 0.29) is 6.61 Å². The maximum atomic E-state index is 8.82. The van der Waals surface area contributed by atoms with E-state index < -0.39 is 0 Å². The third kappa shape index (κ3) is 10.7. The van der Waals surface area contributed by atoms with E-state index in [0.717, 1.165) is 23.3 Å². The Morgan fingerprint density at radius 3 is 1.91 bits per heavy atom. The third-order valence-electron chi connectivity index (χ3n) is 4.27. The number of aliphatic hydroxyl groups is 1. The average molecular weight is 449 g/mol. The second-order valence-electron chi connectivity index (χ2n) is 6.53. The van der Waals surface area contributed by atoms with Gasteiger partial charge in [0.05, 0.1) is 13.7 Å². The molecule has 0 radical (unpaired) electrons. The van der Waals surface area contributed by atoms with Gasteiger partial charge in [0.1, 0.15) is 11.5 Å². The number of hydrogen-bond acceptors (Lipinski definition) is 4. The zero-order chi connectivity index (χ0) is 23.6. The van der Waals surface area contributed by atoms with E-state index in [9.17, 15) is 0 Å². The Balaban J connectivity index is 0.000000222. The molecule has 2 N–H and O–H groups in total. The van der Waals surface area contributed by atoms with E-state index in [0.29, 0.717) is 11.5 Å². The molecule has 0 heterocycles. The quantitative estimate of drug-likeness (QED) is 0.397. The number of hydrogen-bond donors (Lipinski definition) is 3. The second kappa shape index (κ2) is 16.5. The zero-order valence-electron chi connectivity index (χ0n) is 18.5. The van der Waals surface area contributed by atoms with E-state index in [4.69, 9.17) is 14.9 Å². The standard InChI is InChI=1S/C9H10O.C9H8.C8H8O.C2H6OS/c1-3-8-4-6-9(10-2)7-5-8;1-2-5-9-7-3-6-8(9)4-1;1-2-7-3-5-8(9)6-4-7;3-1-2-4/h3-7H,1H2,2H3;1-6H,7H2;2-6,9H,1H2;3-4H,1-2H2. The molecule has 1 aliphatic carbocycles. The SMILES string of the molecule is C1=Cc2ccccc2C1.C=Cc1ccc(O)cc1.C=Cc1ccc(OC)cc1.OCCS. The predicted molar refractivity (Wildman–Crippen MR) is 141 cm³/mol. The third-order valence-corrected chi connectivity index (χ3v) is 4.47. The number of thiol groups is 1. The van der Waals surface area contributed by atoms with Gasteiger partial charge in [-0.15, -0.1) is 0 Å². The van der Waals surface area contributed by atoms with Gasteiger partial charge in [-0.2, -0.15) is 12.6 Å². The number of methoxy groups -OCH3 is 1. The van der Waals surface area contributed by atoms with Crippen molar-refractivity contribution in [2.75, 3.05) is 19.5 Å². The summed E-state index contributed by atoms with van der Waals surface area (Å²) in [5.74, 6) is 1.74. The molecular formula is C28H32O3S. The van der Waals surface area contributed by atoms with Gasteiger partial charge in [-0.05, 0) is 52.9 Å². The first-order chi connectivity index (χ1) is 15.6. The first-order valence-electron chi connectivity index (χ1n) is 10.2. The highest BCUT2D eigenvalue weighted by Crippen LogP contribution is 2.17. The van der Waals surface area contributed by atoms with Crippen LogP contribution < -0.4 is 4.74 Å². The summed E-state index contributed by atoms with van der Waals surface area (Å²) < 4.78 is 4.98. The number of rotatable bonds is 4. The lowest BCUT2D eigenvalue weighted by Crippen LogP contribution is -1.80. The van der Waals surface area contributed by atoms with Crippen LogP contribution in [0.2, 0.25) is 0 Å². The van der Waals surface area contributed by atoms with Crippen molar-refractivity contribution >= 4 is 30.9 Å². The van der Waals surface area contributed by atoms with E-state index in [1.165, 1.54) is 11.1 Å². The van der Waals surface area contributed by atoms with Crippen LogP contribution in [-0.2, 0) is 6.42 Å². The summed E-state index contributed by atoms with van der Waals surface area (Å²) >= 11 is 3.67. The average Bonchev–Trinajstić information content (AvgIpc) is 3.34. The topological polar surface area (TPSA) is 49.7 Å². The Labute approximate surface area is 197 Å². The molecule has 0 spiro atoms. The number of phenolic OH excluding ortho intramolecular Hbond substituents is 1. The monoisotopic (exact) mass is 448 g/mol. The maximum Gasteiger partial charge on any atom is 0.118 e. The summed E-state index contributed by atoms with van der Waals surface area (Å²) in [7, 11) is 1.66. The van der Waals surface area contributed by atoms with Crippen molar-refractivity contribution in [2.45, 2.75) is 6.42 Å². The molecule has 3 aromatic carbocycles. The first-order valence-corrected chi connectivity index (χ1v) is 10.8. The summed E-state index contributed by atoms with van der Waals surface area (Å²) in [6.07, 6.45) is 9.04. The van der Waals surface area contributed by atoms with Gasteiger partial charge in [-0.3, -0.25) is 0 Å². The highest BCUT2D eigenvalue weighted by Gasteiger charge is 2.00. The fourth-order valence-corrected chi connectivity index (χ4v) is 2.55. The molecule has 0 atom stereocenters. The van der Waals surface area contributed by atoms with Crippen molar-refractivity contribution in [3.63, 3.8) is 0 Å². The van der Waals surface area contributed by atoms with Gasteiger partial charge in [0.2, 0.25) is 0 Å². The fourth-order valence-electron chi connectivity index (χ4n) is 2.55. The molecule has 4 rings (SSSR count). The number of ether oxygens (including phenoxy) is 1. The largest absolute Gasteiger partial charge is 0.508 e. The van der Waals surface area contributed by atoms with Gasteiger partial charge in [-0.25, -0.2) is 0 Å². The fraction of sp³-hybridized carbons (Fsp3) is 0.143. The van der Waals surface area contributed by atoms with Crippen LogP contribution in [-0.4, -0.2) is 29.7 Å². The lowest BCUT2D eigenvalue weighted by molar-refractivity contribution is 0.323. The summed E-state index contributed by atoms with van der Waals surface area (Å²) in [5.41, 5.74) is 4.98. The Hall–Kier alpha value is -3.21. The number of phenols is 1. The van der Waals surface area contributed by atoms with Gasteiger partial charge < -0.3 is 14.9 Å². The van der Waals surface area contributed by atoms with Crippen LogP contribution in [0.5, 0.6) is 11.5 Å². The Bertz CT molecular complexity index is 943. The predicted octanol–water partition coefficient (Wildman–Crippen LogP) is 6.54. The minimum atomic E-state index is 0.184. The molecule has 0 saturated carbocycles.